The van der Waals surface area contributed by atoms with Gasteiger partial charge in [0.25, 0.3) is 0 Å². The molecule has 0 N–H and O–H groups in total. The van der Waals surface area contributed by atoms with Crippen LogP contribution in [0.2, 0.25) is 0 Å². The first-order valence-corrected chi connectivity index (χ1v) is 8.74. The molecule has 3 rings (SSSR count). The maximum Gasteiger partial charge on any atom is 0.167 e. The van der Waals surface area contributed by atoms with E-state index in [0.29, 0.717) is 0 Å². The number of rotatable bonds is 3. The van der Waals surface area contributed by atoms with Gasteiger partial charge >= 0.3 is 0 Å². The molecule has 0 radical (unpaired) electrons. The van der Waals surface area contributed by atoms with Gasteiger partial charge in [-0.2, -0.15) is 0 Å². The van der Waals surface area contributed by atoms with Crippen LogP contribution in [0.25, 0.3) is 0 Å². The summed E-state index contributed by atoms with van der Waals surface area (Å²) < 4.78 is 19.6. The lowest BCUT2D eigenvalue weighted by atomic mass is 9.83. The summed E-state index contributed by atoms with van der Waals surface area (Å²) in [5.41, 5.74) is 0.00758. The van der Waals surface area contributed by atoms with E-state index in [0.717, 1.165) is 16.0 Å². The quantitative estimate of drug-likeness (QED) is 0.772. The molecule has 120 valence electrons. The molecule has 0 saturated carbocycles. The van der Waals surface area contributed by atoms with Crippen LogP contribution in [-0.2, 0) is 15.1 Å². The van der Waals surface area contributed by atoms with Gasteiger partial charge in [-0.05, 0) is 55.5 Å². The number of carbonyl (C=O) groups excluding carboxylic acids is 1. The molecule has 1 heterocycles. The minimum atomic E-state index is -0.856. The molecule has 0 aromatic heterocycles. The predicted octanol–water partition coefficient (Wildman–Crippen LogP) is 4.56. The number of carbonyl (C=O) groups is 1. The largest absolute Gasteiger partial charge is 0.351 e. The summed E-state index contributed by atoms with van der Waals surface area (Å²) in [6.07, 6.45) is 2.27. The SMILES string of the molecule is CSc1ccc(C2(c3ccc(F)cc3)CC(=O)C(C)(C)O2)cc1. The van der Waals surface area contributed by atoms with Crippen LogP contribution in [-0.4, -0.2) is 17.6 Å². The molecule has 1 fully saturated rings. The minimum absolute atomic E-state index is 0.0516. The number of ether oxygens (including phenoxy) is 1. The van der Waals surface area contributed by atoms with Crippen LogP contribution >= 0.6 is 11.8 Å². The lowest BCUT2D eigenvalue weighted by Crippen LogP contribution is -2.32. The van der Waals surface area contributed by atoms with Crippen LogP contribution in [0, 0.1) is 5.82 Å². The van der Waals surface area contributed by atoms with Crippen molar-refractivity contribution in [2.45, 2.75) is 36.4 Å². The molecule has 0 amide bonds. The third kappa shape index (κ3) is 2.81. The van der Waals surface area contributed by atoms with Crippen molar-refractivity contribution in [3.8, 4) is 0 Å². The second-order valence-corrected chi connectivity index (χ2v) is 7.15. The molecule has 1 aliphatic heterocycles. The van der Waals surface area contributed by atoms with Crippen molar-refractivity contribution in [3.63, 3.8) is 0 Å². The fourth-order valence-electron chi connectivity index (χ4n) is 3.04. The molecule has 1 unspecified atom stereocenters. The van der Waals surface area contributed by atoms with E-state index >= 15 is 0 Å². The van der Waals surface area contributed by atoms with Gasteiger partial charge in [0.15, 0.2) is 5.78 Å². The van der Waals surface area contributed by atoms with Crippen LogP contribution in [0.4, 0.5) is 4.39 Å². The van der Waals surface area contributed by atoms with Gasteiger partial charge in [-0.15, -0.1) is 11.8 Å². The van der Waals surface area contributed by atoms with E-state index in [1.807, 2.05) is 30.5 Å². The van der Waals surface area contributed by atoms with Crippen molar-refractivity contribution in [1.82, 2.24) is 0 Å². The lowest BCUT2D eigenvalue weighted by molar-refractivity contribution is -0.132. The van der Waals surface area contributed by atoms with E-state index in [1.165, 1.54) is 12.1 Å². The third-order valence-corrected chi connectivity index (χ3v) is 5.12. The molecule has 0 bridgehead atoms. The van der Waals surface area contributed by atoms with Gasteiger partial charge in [0.2, 0.25) is 0 Å². The Morgan fingerprint density at radius 1 is 1.00 bits per heavy atom. The summed E-state index contributed by atoms with van der Waals surface area (Å²) in [4.78, 5) is 13.6. The van der Waals surface area contributed by atoms with Gasteiger partial charge in [-0.25, -0.2) is 4.39 Å². The number of Topliss-reactive ketones (excluding diaryl/α,β-unsaturated/α-hetero) is 1. The number of benzene rings is 2. The molecule has 0 spiro atoms. The Balaban J connectivity index is 2.14. The maximum absolute atomic E-state index is 13.3. The molecule has 2 nitrogen and oxygen atoms in total. The Labute approximate surface area is 140 Å². The highest BCUT2D eigenvalue weighted by Crippen LogP contribution is 2.47. The molecule has 2 aromatic rings. The Morgan fingerprint density at radius 2 is 1.52 bits per heavy atom. The van der Waals surface area contributed by atoms with Crippen molar-refractivity contribution in [1.29, 1.82) is 0 Å². The monoisotopic (exact) mass is 330 g/mol. The number of halogens is 1. The number of ketones is 1. The van der Waals surface area contributed by atoms with Crippen LogP contribution in [0.1, 0.15) is 31.4 Å². The molecule has 1 saturated heterocycles. The van der Waals surface area contributed by atoms with Gasteiger partial charge in [-0.3, -0.25) is 4.79 Å². The first-order valence-electron chi connectivity index (χ1n) is 7.51. The van der Waals surface area contributed by atoms with E-state index in [1.54, 1.807) is 37.7 Å². The summed E-state index contributed by atoms with van der Waals surface area (Å²) in [5.74, 6) is -0.249. The fraction of sp³-hybridized carbons (Fsp3) is 0.316. The zero-order valence-corrected chi connectivity index (χ0v) is 14.2. The average molecular weight is 330 g/mol. The highest BCUT2D eigenvalue weighted by Gasteiger charge is 2.52. The Hall–Kier alpha value is -1.65. The topological polar surface area (TPSA) is 26.3 Å². The summed E-state index contributed by atoms with van der Waals surface area (Å²) in [6.45, 7) is 3.58. The van der Waals surface area contributed by atoms with E-state index in [2.05, 4.69) is 0 Å². The molecular weight excluding hydrogens is 311 g/mol. The van der Waals surface area contributed by atoms with Crippen LogP contribution in [0.5, 0.6) is 0 Å². The standard InChI is InChI=1S/C19H19FO2S/c1-18(2)17(21)12-19(22-18,13-4-8-15(20)9-5-13)14-6-10-16(23-3)11-7-14/h4-11H,12H2,1-3H3. The number of hydrogen-bond donors (Lipinski definition) is 0. The molecule has 2 aromatic carbocycles. The highest BCUT2D eigenvalue weighted by atomic mass is 32.2. The smallest absolute Gasteiger partial charge is 0.167 e. The summed E-state index contributed by atoms with van der Waals surface area (Å²) in [7, 11) is 0. The van der Waals surface area contributed by atoms with E-state index < -0.39 is 11.2 Å². The van der Waals surface area contributed by atoms with Gasteiger partial charge < -0.3 is 4.74 Å². The maximum atomic E-state index is 13.3. The molecular formula is C19H19FO2S. The van der Waals surface area contributed by atoms with Gasteiger partial charge in [0, 0.05) is 11.3 Å². The summed E-state index contributed by atoms with van der Waals surface area (Å²) >= 11 is 1.66. The third-order valence-electron chi connectivity index (χ3n) is 4.38. The molecule has 1 atom stereocenters. The number of hydrogen-bond acceptors (Lipinski definition) is 3. The first-order chi connectivity index (χ1) is 10.9. The van der Waals surface area contributed by atoms with Crippen LogP contribution < -0.4 is 0 Å². The average Bonchev–Trinajstić information content (AvgIpc) is 2.79. The zero-order chi connectivity index (χ0) is 16.7. The Bertz CT molecular complexity index is 722. The van der Waals surface area contributed by atoms with Crippen molar-refractivity contribution in [3.05, 3.63) is 65.5 Å². The fourth-order valence-corrected chi connectivity index (χ4v) is 3.44. The molecule has 0 aliphatic carbocycles. The molecule has 1 aliphatic rings. The first kappa shape index (κ1) is 16.2. The normalized spacial score (nSPS) is 23.2. The van der Waals surface area contributed by atoms with Crippen molar-refractivity contribution in [2.24, 2.45) is 0 Å². The minimum Gasteiger partial charge on any atom is -0.351 e. The van der Waals surface area contributed by atoms with Crippen molar-refractivity contribution < 1.29 is 13.9 Å². The Kier molecular flexibility index (Phi) is 4.07. The predicted molar refractivity (Wildman–Crippen MR) is 90.2 cm³/mol. The summed E-state index contributed by atoms with van der Waals surface area (Å²) in [6, 6.07) is 14.2. The van der Waals surface area contributed by atoms with Gasteiger partial charge in [0.1, 0.15) is 17.0 Å². The van der Waals surface area contributed by atoms with E-state index in [4.69, 9.17) is 4.74 Å². The molecule has 23 heavy (non-hydrogen) atoms. The number of thioether (sulfide) groups is 1. The van der Waals surface area contributed by atoms with Crippen LogP contribution in [0.15, 0.2) is 53.4 Å². The lowest BCUT2D eigenvalue weighted by Gasteiger charge is -2.32. The second kappa shape index (κ2) is 5.77. The summed E-state index contributed by atoms with van der Waals surface area (Å²) in [5, 5.41) is 0. The Morgan fingerprint density at radius 3 is 1.96 bits per heavy atom. The van der Waals surface area contributed by atoms with Crippen molar-refractivity contribution in [2.75, 3.05) is 6.26 Å². The molecule has 4 heteroatoms. The van der Waals surface area contributed by atoms with Crippen molar-refractivity contribution >= 4 is 17.5 Å². The second-order valence-electron chi connectivity index (χ2n) is 6.27. The van der Waals surface area contributed by atoms with E-state index in [-0.39, 0.29) is 18.0 Å². The van der Waals surface area contributed by atoms with Gasteiger partial charge in [0.05, 0.1) is 0 Å². The van der Waals surface area contributed by atoms with Gasteiger partial charge in [-0.1, -0.05) is 24.3 Å². The zero-order valence-electron chi connectivity index (χ0n) is 13.4. The van der Waals surface area contributed by atoms with Crippen LogP contribution in [0.3, 0.4) is 0 Å². The highest BCUT2D eigenvalue weighted by molar-refractivity contribution is 7.98. The van der Waals surface area contributed by atoms with E-state index in [9.17, 15) is 9.18 Å².